The fourth-order valence-electron chi connectivity index (χ4n) is 2.62. The first kappa shape index (κ1) is 20.5. The van der Waals surface area contributed by atoms with E-state index in [9.17, 15) is 13.2 Å². The Labute approximate surface area is 160 Å². The number of hydrogen-bond donors (Lipinski definition) is 1. The molecule has 1 amide bonds. The molecule has 1 atom stereocenters. The molecule has 2 aromatic rings. The number of nitrogens with one attached hydrogen (secondary N) is 1. The van der Waals surface area contributed by atoms with Crippen LogP contribution in [0, 0.1) is 0 Å². The molecule has 0 saturated carbocycles. The van der Waals surface area contributed by atoms with Crippen molar-refractivity contribution in [2.45, 2.75) is 48.3 Å². The van der Waals surface area contributed by atoms with E-state index in [0.29, 0.717) is 17.2 Å². The highest BCUT2D eigenvalue weighted by molar-refractivity contribution is 8.00. The van der Waals surface area contributed by atoms with Crippen LogP contribution in [0.1, 0.15) is 49.2 Å². The van der Waals surface area contributed by atoms with E-state index in [4.69, 9.17) is 0 Å². The average Bonchev–Trinajstić information content (AvgIpc) is 2.59. The topological polar surface area (TPSA) is 63.2 Å². The van der Waals surface area contributed by atoms with Gasteiger partial charge in [-0.3, -0.25) is 4.79 Å². The number of hydrogen-bond acceptors (Lipinski definition) is 4. The van der Waals surface area contributed by atoms with Gasteiger partial charge in [0, 0.05) is 16.4 Å². The van der Waals surface area contributed by atoms with Crippen molar-refractivity contribution in [3.8, 4) is 0 Å². The number of carbonyl (C=O) groups is 1. The molecule has 0 saturated heterocycles. The largest absolute Gasteiger partial charge is 0.345 e. The van der Waals surface area contributed by atoms with Crippen molar-refractivity contribution in [3.63, 3.8) is 0 Å². The van der Waals surface area contributed by atoms with E-state index >= 15 is 0 Å². The van der Waals surface area contributed by atoms with Crippen LogP contribution in [0.2, 0.25) is 0 Å². The van der Waals surface area contributed by atoms with Gasteiger partial charge in [-0.15, -0.1) is 11.8 Å². The van der Waals surface area contributed by atoms with Gasteiger partial charge in [-0.2, -0.15) is 0 Å². The lowest BCUT2D eigenvalue weighted by Gasteiger charge is -2.19. The maximum Gasteiger partial charge on any atom is 0.252 e. The Morgan fingerprint density at radius 2 is 1.69 bits per heavy atom. The minimum absolute atomic E-state index is 0.118. The van der Waals surface area contributed by atoms with Crippen molar-refractivity contribution < 1.29 is 13.2 Å². The molecule has 0 aliphatic heterocycles. The van der Waals surface area contributed by atoms with E-state index in [0.717, 1.165) is 10.5 Å². The smallest absolute Gasteiger partial charge is 0.252 e. The van der Waals surface area contributed by atoms with Crippen LogP contribution in [-0.4, -0.2) is 25.8 Å². The third kappa shape index (κ3) is 5.35. The van der Waals surface area contributed by atoms with Gasteiger partial charge in [0.1, 0.15) is 0 Å². The zero-order valence-corrected chi connectivity index (χ0v) is 17.2. The van der Waals surface area contributed by atoms with Gasteiger partial charge in [-0.25, -0.2) is 8.42 Å². The molecule has 26 heavy (non-hydrogen) atoms. The molecule has 0 bridgehead atoms. The quantitative estimate of drug-likeness (QED) is 0.707. The summed E-state index contributed by atoms with van der Waals surface area (Å²) < 4.78 is 23.2. The molecule has 1 N–H and O–H groups in total. The first-order valence-corrected chi connectivity index (χ1v) is 11.4. The molecule has 0 heterocycles. The van der Waals surface area contributed by atoms with Gasteiger partial charge in [0.05, 0.1) is 16.5 Å². The Kier molecular flexibility index (Phi) is 6.89. The summed E-state index contributed by atoms with van der Waals surface area (Å²) in [6, 6.07) is 14.1. The lowest BCUT2D eigenvalue weighted by atomic mass is 10.0. The summed E-state index contributed by atoms with van der Waals surface area (Å²) in [5.74, 6) is -0.118. The summed E-state index contributed by atoms with van der Waals surface area (Å²) >= 11 is 1.66. The standard InChI is InChI=1S/C20H25NO3S2/c1-5-18(15-10-12-16(13-11-15)26(4,23)24)21-20(22)17-8-6-7-9-19(17)25-14(2)3/h6-14,18H,5H2,1-4H3,(H,21,22). The maximum absolute atomic E-state index is 12.8. The minimum Gasteiger partial charge on any atom is -0.345 e. The Morgan fingerprint density at radius 3 is 2.23 bits per heavy atom. The Bertz CT molecular complexity index is 859. The lowest BCUT2D eigenvalue weighted by Crippen LogP contribution is -2.28. The van der Waals surface area contributed by atoms with Gasteiger partial charge in [0.15, 0.2) is 9.84 Å². The highest BCUT2D eigenvalue weighted by Gasteiger charge is 2.18. The fraction of sp³-hybridized carbons (Fsp3) is 0.350. The Hall–Kier alpha value is -1.79. The minimum atomic E-state index is -3.23. The van der Waals surface area contributed by atoms with Crippen molar-refractivity contribution >= 4 is 27.5 Å². The van der Waals surface area contributed by atoms with Crippen LogP contribution in [0.5, 0.6) is 0 Å². The van der Waals surface area contributed by atoms with Gasteiger partial charge in [0.25, 0.3) is 5.91 Å². The monoisotopic (exact) mass is 391 g/mol. The molecule has 0 aliphatic rings. The fourth-order valence-corrected chi connectivity index (χ4v) is 4.20. The number of thioether (sulfide) groups is 1. The molecule has 4 nitrogen and oxygen atoms in total. The van der Waals surface area contributed by atoms with Crippen molar-refractivity contribution in [1.29, 1.82) is 0 Å². The highest BCUT2D eigenvalue weighted by atomic mass is 32.2. The van der Waals surface area contributed by atoms with E-state index in [1.807, 2.05) is 31.2 Å². The lowest BCUT2D eigenvalue weighted by molar-refractivity contribution is 0.0932. The van der Waals surface area contributed by atoms with Crippen LogP contribution >= 0.6 is 11.8 Å². The summed E-state index contributed by atoms with van der Waals surface area (Å²) in [4.78, 5) is 14.0. The highest BCUT2D eigenvalue weighted by Crippen LogP contribution is 2.27. The first-order chi connectivity index (χ1) is 12.2. The predicted molar refractivity (Wildman–Crippen MR) is 107 cm³/mol. The van der Waals surface area contributed by atoms with Crippen molar-refractivity contribution in [2.24, 2.45) is 0 Å². The zero-order chi connectivity index (χ0) is 19.3. The van der Waals surface area contributed by atoms with Gasteiger partial charge in [0.2, 0.25) is 0 Å². The first-order valence-electron chi connectivity index (χ1n) is 8.59. The molecule has 0 fully saturated rings. The van der Waals surface area contributed by atoms with Crippen molar-refractivity contribution in [1.82, 2.24) is 5.32 Å². The van der Waals surface area contributed by atoms with Crippen LogP contribution in [-0.2, 0) is 9.84 Å². The Morgan fingerprint density at radius 1 is 1.08 bits per heavy atom. The van der Waals surface area contributed by atoms with Crippen LogP contribution in [0.15, 0.2) is 58.3 Å². The second kappa shape index (κ2) is 8.73. The molecule has 1 unspecified atom stereocenters. The van der Waals surface area contributed by atoms with Crippen LogP contribution < -0.4 is 5.32 Å². The molecule has 0 spiro atoms. The van der Waals surface area contributed by atoms with E-state index in [1.165, 1.54) is 6.26 Å². The number of amides is 1. The SMILES string of the molecule is CCC(NC(=O)c1ccccc1SC(C)C)c1ccc(S(C)(=O)=O)cc1. The average molecular weight is 392 g/mol. The molecule has 2 rings (SSSR count). The third-order valence-corrected chi connectivity index (χ3v) is 6.13. The molecular weight excluding hydrogens is 366 g/mol. The summed E-state index contributed by atoms with van der Waals surface area (Å²) in [6.45, 7) is 6.18. The molecule has 6 heteroatoms. The van der Waals surface area contributed by atoms with Crippen LogP contribution in [0.25, 0.3) is 0 Å². The van der Waals surface area contributed by atoms with Crippen LogP contribution in [0.3, 0.4) is 0 Å². The number of benzene rings is 2. The number of rotatable bonds is 7. The number of carbonyl (C=O) groups excluding carboxylic acids is 1. The molecule has 0 aliphatic carbocycles. The Balaban J connectivity index is 2.21. The predicted octanol–water partition coefficient (Wildman–Crippen LogP) is 4.47. The van der Waals surface area contributed by atoms with Crippen molar-refractivity contribution in [2.75, 3.05) is 6.26 Å². The van der Waals surface area contributed by atoms with Crippen molar-refractivity contribution in [3.05, 3.63) is 59.7 Å². The van der Waals surface area contributed by atoms with Gasteiger partial charge < -0.3 is 5.32 Å². The van der Waals surface area contributed by atoms with Gasteiger partial charge in [-0.05, 0) is 36.2 Å². The molecule has 140 valence electrons. The summed E-state index contributed by atoms with van der Waals surface area (Å²) in [7, 11) is -3.23. The second-order valence-electron chi connectivity index (χ2n) is 6.44. The zero-order valence-electron chi connectivity index (χ0n) is 15.5. The van der Waals surface area contributed by atoms with E-state index in [1.54, 1.807) is 36.0 Å². The molecular formula is C20H25NO3S2. The van der Waals surface area contributed by atoms with Crippen LogP contribution in [0.4, 0.5) is 0 Å². The van der Waals surface area contributed by atoms with E-state index < -0.39 is 9.84 Å². The summed E-state index contributed by atoms with van der Waals surface area (Å²) in [5.41, 5.74) is 1.56. The molecule has 0 radical (unpaired) electrons. The van der Waals surface area contributed by atoms with E-state index in [2.05, 4.69) is 19.2 Å². The normalized spacial score (nSPS) is 12.8. The molecule has 0 aromatic heterocycles. The van der Waals surface area contributed by atoms with E-state index in [-0.39, 0.29) is 16.8 Å². The summed E-state index contributed by atoms with van der Waals surface area (Å²) in [5, 5.41) is 3.45. The number of sulfone groups is 1. The maximum atomic E-state index is 12.8. The molecule has 2 aromatic carbocycles. The third-order valence-electron chi connectivity index (χ3n) is 3.92. The van der Waals surface area contributed by atoms with Gasteiger partial charge in [-0.1, -0.05) is 45.0 Å². The second-order valence-corrected chi connectivity index (χ2v) is 10.1. The van der Waals surface area contributed by atoms with Gasteiger partial charge >= 0.3 is 0 Å². The summed E-state index contributed by atoms with van der Waals surface area (Å²) in [6.07, 6.45) is 1.90.